The molecule has 0 saturated carbocycles. The molecule has 2 aromatic carbocycles. The van der Waals surface area contributed by atoms with Gasteiger partial charge in [-0.25, -0.2) is 13.1 Å². The van der Waals surface area contributed by atoms with E-state index in [0.29, 0.717) is 24.3 Å². The Balaban J connectivity index is 1.90. The minimum absolute atomic E-state index is 0.0982. The number of benzene rings is 2. The van der Waals surface area contributed by atoms with Crippen molar-refractivity contribution < 1.29 is 8.42 Å². The standard InChI is InChI=1S/C18H21N3O3S2/c1-20(2)11-10-19-26(23,24)15-8-9-16-17(12-15)25-18(22)21(16)13-14-6-4-3-5-7-14/h3-9,12,19H,10-11,13H2,1-2H3. The molecular weight excluding hydrogens is 370 g/mol. The summed E-state index contributed by atoms with van der Waals surface area (Å²) in [6.45, 7) is 1.41. The molecule has 3 aromatic rings. The highest BCUT2D eigenvalue weighted by Crippen LogP contribution is 2.22. The molecule has 0 fully saturated rings. The van der Waals surface area contributed by atoms with Gasteiger partial charge in [0.15, 0.2) is 0 Å². The molecule has 0 aliphatic heterocycles. The van der Waals surface area contributed by atoms with E-state index in [9.17, 15) is 13.2 Å². The summed E-state index contributed by atoms with van der Waals surface area (Å²) in [7, 11) is 0.173. The highest BCUT2D eigenvalue weighted by atomic mass is 32.2. The monoisotopic (exact) mass is 391 g/mol. The SMILES string of the molecule is CN(C)CCNS(=O)(=O)c1ccc2c(c1)sc(=O)n2Cc1ccccc1. The Kier molecular flexibility index (Phi) is 5.57. The molecule has 0 bridgehead atoms. The maximum absolute atomic E-state index is 12.4. The molecule has 0 saturated heterocycles. The van der Waals surface area contributed by atoms with Crippen LogP contribution in [0.3, 0.4) is 0 Å². The molecule has 1 aromatic heterocycles. The Morgan fingerprint density at radius 2 is 1.85 bits per heavy atom. The zero-order valence-electron chi connectivity index (χ0n) is 14.7. The summed E-state index contributed by atoms with van der Waals surface area (Å²) in [5.74, 6) is 0. The number of sulfonamides is 1. The Morgan fingerprint density at radius 1 is 1.12 bits per heavy atom. The predicted molar refractivity (Wildman–Crippen MR) is 105 cm³/mol. The van der Waals surface area contributed by atoms with Crippen molar-refractivity contribution in [3.8, 4) is 0 Å². The number of nitrogens with one attached hydrogen (secondary N) is 1. The van der Waals surface area contributed by atoms with E-state index in [0.717, 1.165) is 22.4 Å². The van der Waals surface area contributed by atoms with Crippen molar-refractivity contribution in [2.45, 2.75) is 11.4 Å². The Bertz CT molecular complexity index is 1050. The van der Waals surface area contributed by atoms with Crippen LogP contribution >= 0.6 is 11.3 Å². The first kappa shape index (κ1) is 18.8. The van der Waals surface area contributed by atoms with E-state index in [1.807, 2.05) is 49.3 Å². The van der Waals surface area contributed by atoms with Gasteiger partial charge in [-0.2, -0.15) is 0 Å². The molecule has 26 heavy (non-hydrogen) atoms. The summed E-state index contributed by atoms with van der Waals surface area (Å²) in [4.78, 5) is 14.3. The minimum Gasteiger partial charge on any atom is -0.308 e. The third-order valence-electron chi connectivity index (χ3n) is 3.98. The van der Waals surface area contributed by atoms with E-state index in [2.05, 4.69) is 4.72 Å². The van der Waals surface area contributed by atoms with Gasteiger partial charge in [-0.05, 0) is 37.9 Å². The molecular formula is C18H21N3O3S2. The summed E-state index contributed by atoms with van der Waals surface area (Å²) >= 11 is 1.06. The maximum Gasteiger partial charge on any atom is 0.308 e. The number of hydrogen-bond donors (Lipinski definition) is 1. The molecule has 3 rings (SSSR count). The van der Waals surface area contributed by atoms with Crippen LogP contribution in [0.5, 0.6) is 0 Å². The molecule has 0 radical (unpaired) electrons. The van der Waals surface area contributed by atoms with E-state index in [1.165, 1.54) is 0 Å². The zero-order chi connectivity index (χ0) is 18.7. The van der Waals surface area contributed by atoms with Crippen LogP contribution in [0.15, 0.2) is 58.2 Å². The molecule has 0 atom stereocenters. The van der Waals surface area contributed by atoms with Gasteiger partial charge < -0.3 is 4.90 Å². The third kappa shape index (κ3) is 4.21. The van der Waals surface area contributed by atoms with Gasteiger partial charge in [0.05, 0.1) is 21.7 Å². The van der Waals surface area contributed by atoms with Crippen LogP contribution in [0.4, 0.5) is 0 Å². The van der Waals surface area contributed by atoms with Crippen molar-refractivity contribution in [1.82, 2.24) is 14.2 Å². The van der Waals surface area contributed by atoms with Gasteiger partial charge in [0.25, 0.3) is 0 Å². The van der Waals surface area contributed by atoms with Crippen LogP contribution in [0.2, 0.25) is 0 Å². The van der Waals surface area contributed by atoms with Crippen molar-refractivity contribution in [3.63, 3.8) is 0 Å². The number of likely N-dealkylation sites (N-methyl/N-ethyl adjacent to an activating group) is 1. The number of fused-ring (bicyclic) bond motifs is 1. The van der Waals surface area contributed by atoms with Crippen molar-refractivity contribution in [1.29, 1.82) is 0 Å². The molecule has 0 amide bonds. The normalized spacial score (nSPS) is 12.1. The molecule has 0 aliphatic rings. The Morgan fingerprint density at radius 3 is 2.54 bits per heavy atom. The highest BCUT2D eigenvalue weighted by molar-refractivity contribution is 7.89. The van der Waals surface area contributed by atoms with E-state index in [1.54, 1.807) is 22.8 Å². The minimum atomic E-state index is -3.59. The van der Waals surface area contributed by atoms with E-state index in [4.69, 9.17) is 0 Å². The highest BCUT2D eigenvalue weighted by Gasteiger charge is 2.16. The fraction of sp³-hybridized carbons (Fsp3) is 0.278. The molecule has 0 aliphatic carbocycles. The van der Waals surface area contributed by atoms with Crippen molar-refractivity contribution in [2.24, 2.45) is 0 Å². The van der Waals surface area contributed by atoms with E-state index >= 15 is 0 Å². The molecule has 8 heteroatoms. The first-order valence-corrected chi connectivity index (χ1v) is 10.5. The van der Waals surface area contributed by atoms with Gasteiger partial charge in [0.2, 0.25) is 10.0 Å². The molecule has 138 valence electrons. The van der Waals surface area contributed by atoms with Gasteiger partial charge in [-0.3, -0.25) is 9.36 Å². The molecule has 0 unspecified atom stereocenters. The summed E-state index contributed by atoms with van der Waals surface area (Å²) in [6.07, 6.45) is 0. The van der Waals surface area contributed by atoms with Gasteiger partial charge in [0, 0.05) is 13.1 Å². The van der Waals surface area contributed by atoms with Crippen LogP contribution in [0, 0.1) is 0 Å². The number of hydrogen-bond acceptors (Lipinski definition) is 5. The van der Waals surface area contributed by atoms with E-state index < -0.39 is 10.0 Å². The topological polar surface area (TPSA) is 71.4 Å². The fourth-order valence-corrected chi connectivity index (χ4v) is 4.67. The second-order valence-electron chi connectivity index (χ2n) is 6.27. The summed E-state index contributed by atoms with van der Waals surface area (Å²) in [6, 6.07) is 14.5. The second kappa shape index (κ2) is 7.71. The number of rotatable bonds is 7. The van der Waals surface area contributed by atoms with E-state index in [-0.39, 0.29) is 9.77 Å². The number of thiazole rings is 1. The first-order chi connectivity index (χ1) is 12.4. The number of aromatic nitrogens is 1. The van der Waals surface area contributed by atoms with Crippen LogP contribution < -0.4 is 9.60 Å². The Labute approximate surface area is 156 Å². The van der Waals surface area contributed by atoms with Crippen LogP contribution in [0.1, 0.15) is 5.56 Å². The third-order valence-corrected chi connectivity index (χ3v) is 6.39. The maximum atomic E-state index is 12.4. The fourth-order valence-electron chi connectivity index (χ4n) is 2.62. The van der Waals surface area contributed by atoms with Crippen LogP contribution in [-0.4, -0.2) is 45.1 Å². The lowest BCUT2D eigenvalue weighted by Gasteiger charge is -2.11. The molecule has 0 spiro atoms. The molecule has 1 heterocycles. The number of nitrogens with zero attached hydrogens (tertiary/aromatic N) is 2. The van der Waals surface area contributed by atoms with Gasteiger partial charge >= 0.3 is 4.87 Å². The van der Waals surface area contributed by atoms with Crippen LogP contribution in [-0.2, 0) is 16.6 Å². The average Bonchev–Trinajstić information content (AvgIpc) is 2.90. The lowest BCUT2D eigenvalue weighted by Crippen LogP contribution is -2.31. The van der Waals surface area contributed by atoms with Crippen LogP contribution in [0.25, 0.3) is 10.2 Å². The first-order valence-electron chi connectivity index (χ1n) is 8.18. The molecule has 1 N–H and O–H groups in total. The lowest BCUT2D eigenvalue weighted by atomic mass is 10.2. The van der Waals surface area contributed by atoms with Crippen molar-refractivity contribution in [3.05, 3.63) is 63.8 Å². The van der Waals surface area contributed by atoms with Crippen molar-refractivity contribution in [2.75, 3.05) is 27.2 Å². The Hall–Kier alpha value is -2.00. The van der Waals surface area contributed by atoms with Crippen molar-refractivity contribution >= 4 is 31.6 Å². The van der Waals surface area contributed by atoms with Gasteiger partial charge in [0.1, 0.15) is 0 Å². The summed E-state index contributed by atoms with van der Waals surface area (Å²) < 4.78 is 29.8. The average molecular weight is 392 g/mol. The van der Waals surface area contributed by atoms with Gasteiger partial charge in [-0.15, -0.1) is 0 Å². The smallest absolute Gasteiger partial charge is 0.308 e. The lowest BCUT2D eigenvalue weighted by molar-refractivity contribution is 0.412. The van der Waals surface area contributed by atoms with Gasteiger partial charge in [-0.1, -0.05) is 41.7 Å². The zero-order valence-corrected chi connectivity index (χ0v) is 16.3. The quantitative estimate of drug-likeness (QED) is 0.668. The molecule has 6 nitrogen and oxygen atoms in total. The summed E-state index contributed by atoms with van der Waals surface area (Å²) in [5, 5.41) is 0. The largest absolute Gasteiger partial charge is 0.308 e. The predicted octanol–water partition coefficient (Wildman–Crippen LogP) is 1.95. The summed E-state index contributed by atoms with van der Waals surface area (Å²) in [5.41, 5.74) is 1.77. The second-order valence-corrected chi connectivity index (χ2v) is 9.03.